The highest BCUT2D eigenvalue weighted by molar-refractivity contribution is 5.71. The second-order valence-electron chi connectivity index (χ2n) is 23.1. The van der Waals surface area contributed by atoms with E-state index in [1.54, 1.807) is 0 Å². The largest absolute Gasteiger partial charge is 0.462 e. The molecule has 0 fully saturated rings. The Morgan fingerprint density at radius 2 is 0.468 bits per heavy atom. The van der Waals surface area contributed by atoms with E-state index >= 15 is 0 Å². The van der Waals surface area contributed by atoms with Crippen LogP contribution in [0.1, 0.15) is 367 Å². The highest BCUT2D eigenvalue weighted by Gasteiger charge is 2.19. The fourth-order valence-electron chi connectivity index (χ4n) is 10.2. The van der Waals surface area contributed by atoms with E-state index in [0.29, 0.717) is 19.3 Å². The van der Waals surface area contributed by atoms with Gasteiger partial charge in [0.25, 0.3) is 0 Å². The maximum Gasteiger partial charge on any atom is 0.306 e. The van der Waals surface area contributed by atoms with Gasteiger partial charge in [-0.2, -0.15) is 0 Å². The van der Waals surface area contributed by atoms with Crippen molar-refractivity contribution in [3.63, 3.8) is 0 Å². The van der Waals surface area contributed by atoms with Gasteiger partial charge in [0.2, 0.25) is 0 Å². The fraction of sp³-hybridized carbons (Fsp3) is 0.845. The van der Waals surface area contributed by atoms with Crippen LogP contribution in [0.25, 0.3) is 0 Å². The average Bonchev–Trinajstić information content (AvgIpc) is 3.43. The highest BCUT2D eigenvalue weighted by atomic mass is 16.6. The van der Waals surface area contributed by atoms with E-state index in [0.717, 1.165) is 77.0 Å². The lowest BCUT2D eigenvalue weighted by Crippen LogP contribution is -2.30. The van der Waals surface area contributed by atoms with Crippen molar-refractivity contribution in [3.8, 4) is 0 Å². The summed E-state index contributed by atoms with van der Waals surface area (Å²) in [5.41, 5.74) is 0. The van der Waals surface area contributed by atoms with Gasteiger partial charge in [0, 0.05) is 19.3 Å². The SMILES string of the molecule is CCCCCC/C=C\CCCCCCCC(=O)OC(COC(=O)CCCCCCCCCCCCCCC)COC(=O)CCCCCCCCCCCCCCCCCCCC/C=C\C/C=C\C/C=C\CCCCCCC. The van der Waals surface area contributed by atoms with E-state index in [4.69, 9.17) is 14.2 Å². The van der Waals surface area contributed by atoms with Gasteiger partial charge in [-0.05, 0) is 83.5 Å². The van der Waals surface area contributed by atoms with Gasteiger partial charge < -0.3 is 14.2 Å². The van der Waals surface area contributed by atoms with E-state index in [9.17, 15) is 14.4 Å². The van der Waals surface area contributed by atoms with Crippen LogP contribution < -0.4 is 0 Å². The normalized spacial score (nSPS) is 12.3. The summed E-state index contributed by atoms with van der Waals surface area (Å²) in [6.45, 7) is 6.65. The van der Waals surface area contributed by atoms with Gasteiger partial charge in [0.15, 0.2) is 6.10 Å². The number of ether oxygens (including phenoxy) is 3. The Morgan fingerprint density at radius 3 is 0.753 bits per heavy atom. The molecule has 0 aromatic rings. The van der Waals surface area contributed by atoms with Crippen molar-refractivity contribution in [1.82, 2.24) is 0 Å². The molecule has 0 aliphatic rings. The molecule has 0 aromatic heterocycles. The zero-order chi connectivity index (χ0) is 55.7. The Kier molecular flexibility index (Phi) is 63.6. The van der Waals surface area contributed by atoms with Gasteiger partial charge in [-0.3, -0.25) is 14.4 Å². The number of esters is 3. The molecule has 0 saturated carbocycles. The first-order valence-electron chi connectivity index (χ1n) is 34.1. The summed E-state index contributed by atoms with van der Waals surface area (Å²) >= 11 is 0. The Bertz CT molecular complexity index is 1330. The maximum absolute atomic E-state index is 12.9. The Morgan fingerprint density at radius 1 is 0.260 bits per heavy atom. The third-order valence-corrected chi connectivity index (χ3v) is 15.3. The molecule has 0 aromatic carbocycles. The van der Waals surface area contributed by atoms with Gasteiger partial charge in [0.05, 0.1) is 0 Å². The molecule has 1 unspecified atom stereocenters. The lowest BCUT2D eigenvalue weighted by Gasteiger charge is -2.18. The molecule has 0 radical (unpaired) electrons. The Balaban J connectivity index is 4.08. The van der Waals surface area contributed by atoms with Crippen LogP contribution in [-0.4, -0.2) is 37.2 Å². The number of carbonyl (C=O) groups excluding carboxylic acids is 3. The molecule has 0 spiro atoms. The minimum atomic E-state index is -0.773. The second kappa shape index (κ2) is 65.9. The summed E-state index contributed by atoms with van der Waals surface area (Å²) in [5, 5.41) is 0. The number of allylic oxidation sites excluding steroid dienone is 8. The van der Waals surface area contributed by atoms with E-state index in [1.807, 2.05) is 0 Å². The summed E-state index contributed by atoms with van der Waals surface area (Å²) in [7, 11) is 0. The average molecular weight is 1080 g/mol. The van der Waals surface area contributed by atoms with Crippen molar-refractivity contribution in [1.29, 1.82) is 0 Å². The second-order valence-corrected chi connectivity index (χ2v) is 23.1. The Labute approximate surface area is 479 Å². The molecule has 0 N–H and O–H groups in total. The molecule has 6 nitrogen and oxygen atoms in total. The molecular weight excluding hydrogens is 949 g/mol. The zero-order valence-corrected chi connectivity index (χ0v) is 51.7. The van der Waals surface area contributed by atoms with E-state index in [-0.39, 0.29) is 31.1 Å². The smallest absolute Gasteiger partial charge is 0.306 e. The van der Waals surface area contributed by atoms with E-state index in [2.05, 4.69) is 69.4 Å². The van der Waals surface area contributed by atoms with Gasteiger partial charge in [-0.15, -0.1) is 0 Å². The first kappa shape index (κ1) is 74.4. The lowest BCUT2D eigenvalue weighted by molar-refractivity contribution is -0.167. The first-order valence-corrected chi connectivity index (χ1v) is 34.1. The quantitative estimate of drug-likeness (QED) is 0.0261. The number of carbonyl (C=O) groups is 3. The van der Waals surface area contributed by atoms with Gasteiger partial charge in [-0.25, -0.2) is 0 Å². The maximum atomic E-state index is 12.9. The number of unbranched alkanes of at least 4 members (excludes halogenated alkanes) is 44. The van der Waals surface area contributed by atoms with Gasteiger partial charge in [0.1, 0.15) is 13.2 Å². The van der Waals surface area contributed by atoms with Crippen LogP contribution in [-0.2, 0) is 28.6 Å². The minimum absolute atomic E-state index is 0.0709. The highest BCUT2D eigenvalue weighted by Crippen LogP contribution is 2.18. The third-order valence-electron chi connectivity index (χ3n) is 15.3. The molecule has 6 heteroatoms. The summed E-state index contributed by atoms with van der Waals surface area (Å²) in [4.78, 5) is 38.2. The summed E-state index contributed by atoms with van der Waals surface area (Å²) in [6, 6.07) is 0. The fourth-order valence-corrected chi connectivity index (χ4v) is 10.2. The van der Waals surface area contributed by atoms with Crippen LogP contribution in [0.3, 0.4) is 0 Å². The molecule has 77 heavy (non-hydrogen) atoms. The number of rotatable bonds is 63. The molecule has 0 bridgehead atoms. The van der Waals surface area contributed by atoms with Gasteiger partial charge >= 0.3 is 17.9 Å². The molecule has 0 aliphatic carbocycles. The van der Waals surface area contributed by atoms with E-state index in [1.165, 1.54) is 250 Å². The van der Waals surface area contributed by atoms with Crippen molar-refractivity contribution < 1.29 is 28.6 Å². The monoisotopic (exact) mass is 1080 g/mol. The molecule has 0 heterocycles. The van der Waals surface area contributed by atoms with Crippen LogP contribution >= 0.6 is 0 Å². The summed E-state index contributed by atoms with van der Waals surface area (Å²) in [5.74, 6) is -0.858. The van der Waals surface area contributed by atoms with Crippen LogP contribution in [0.4, 0.5) is 0 Å². The molecule has 0 saturated heterocycles. The van der Waals surface area contributed by atoms with Crippen LogP contribution in [0.5, 0.6) is 0 Å². The zero-order valence-electron chi connectivity index (χ0n) is 51.7. The standard InChI is InChI=1S/C71H130O6/c1-4-7-10-13-16-19-22-25-26-27-28-29-30-31-32-33-34-35-36-37-38-39-40-41-42-43-44-47-49-52-55-58-61-64-70(73)76-67-68(77-71(74)65-62-59-56-53-50-46-24-21-18-15-12-9-6-3)66-75-69(72)63-60-57-54-51-48-45-23-20-17-14-11-8-5-2/h21-22,24-25,27-28,30-31,68H,4-20,23,26,29,32-67H2,1-3H3/b24-21-,25-22-,28-27-,31-30-. The van der Waals surface area contributed by atoms with Crippen molar-refractivity contribution in [2.45, 2.75) is 374 Å². The summed E-state index contributed by atoms with van der Waals surface area (Å²) < 4.78 is 16.9. The van der Waals surface area contributed by atoms with Crippen LogP contribution in [0.15, 0.2) is 48.6 Å². The molecule has 0 aliphatic heterocycles. The van der Waals surface area contributed by atoms with Crippen molar-refractivity contribution >= 4 is 17.9 Å². The predicted octanol–water partition coefficient (Wildman–Crippen LogP) is 23.3. The molecule has 450 valence electrons. The van der Waals surface area contributed by atoms with Crippen molar-refractivity contribution in [2.75, 3.05) is 13.2 Å². The van der Waals surface area contributed by atoms with Gasteiger partial charge in [-0.1, -0.05) is 313 Å². The van der Waals surface area contributed by atoms with E-state index < -0.39 is 6.10 Å². The topological polar surface area (TPSA) is 78.9 Å². The number of hydrogen-bond acceptors (Lipinski definition) is 6. The van der Waals surface area contributed by atoms with Crippen LogP contribution in [0.2, 0.25) is 0 Å². The minimum Gasteiger partial charge on any atom is -0.462 e. The molecule has 0 rings (SSSR count). The van der Waals surface area contributed by atoms with Crippen LogP contribution in [0, 0.1) is 0 Å². The molecular formula is C71H130O6. The predicted molar refractivity (Wildman–Crippen MR) is 335 cm³/mol. The first-order chi connectivity index (χ1) is 38.0. The Hall–Kier alpha value is -2.63. The molecule has 1 atom stereocenters. The number of hydrogen-bond donors (Lipinski definition) is 0. The van der Waals surface area contributed by atoms with Crippen molar-refractivity contribution in [2.24, 2.45) is 0 Å². The summed E-state index contributed by atoms with van der Waals surface area (Å²) in [6.07, 6.45) is 82.9. The van der Waals surface area contributed by atoms with Crippen molar-refractivity contribution in [3.05, 3.63) is 48.6 Å². The lowest BCUT2D eigenvalue weighted by atomic mass is 10.0. The molecule has 0 amide bonds. The third kappa shape index (κ3) is 64.1.